The second-order valence-corrected chi connectivity index (χ2v) is 6.87. The monoisotopic (exact) mass is 329 g/mol. The Morgan fingerprint density at radius 3 is 2.60 bits per heavy atom. The van der Waals surface area contributed by atoms with Crippen LogP contribution in [-0.2, 0) is 19.3 Å². The number of aryl methyl sites for hydroxylation is 1. The van der Waals surface area contributed by atoms with Crippen molar-refractivity contribution in [2.75, 3.05) is 6.54 Å². The van der Waals surface area contributed by atoms with Crippen LogP contribution >= 0.6 is 15.9 Å². The van der Waals surface area contributed by atoms with Gasteiger partial charge in [-0.1, -0.05) is 52.3 Å². The van der Waals surface area contributed by atoms with Crippen LogP contribution in [0.3, 0.4) is 0 Å². The van der Waals surface area contributed by atoms with E-state index >= 15 is 0 Å². The highest BCUT2D eigenvalue weighted by Gasteiger charge is 2.33. The number of rotatable bonds is 3. The van der Waals surface area contributed by atoms with Crippen molar-refractivity contribution in [2.45, 2.75) is 25.7 Å². The van der Waals surface area contributed by atoms with Crippen molar-refractivity contribution < 1.29 is 0 Å². The van der Waals surface area contributed by atoms with Crippen LogP contribution in [0.1, 0.15) is 23.1 Å². The number of benzene rings is 2. The number of hydrogen-bond acceptors (Lipinski definition) is 1. The molecule has 0 aromatic heterocycles. The maximum atomic E-state index is 6.17. The molecule has 2 N–H and O–H groups in total. The molecule has 0 saturated heterocycles. The third-order valence-corrected chi connectivity index (χ3v) is 5.00. The van der Waals surface area contributed by atoms with E-state index in [1.807, 2.05) is 0 Å². The second-order valence-electron chi connectivity index (χ2n) is 5.96. The molecule has 1 nitrogen and oxygen atoms in total. The number of hydrogen-bond donors (Lipinski definition) is 1. The highest BCUT2D eigenvalue weighted by Crippen LogP contribution is 2.37. The molecule has 0 radical (unpaired) electrons. The van der Waals surface area contributed by atoms with Gasteiger partial charge in [-0.2, -0.15) is 0 Å². The summed E-state index contributed by atoms with van der Waals surface area (Å²) >= 11 is 3.56. The third-order valence-electron chi connectivity index (χ3n) is 4.51. The fraction of sp³-hybridized carbons (Fsp3) is 0.333. The molecule has 20 heavy (non-hydrogen) atoms. The molecule has 0 spiro atoms. The summed E-state index contributed by atoms with van der Waals surface area (Å²) < 4.78 is 1.15. The molecule has 0 saturated carbocycles. The molecule has 3 rings (SSSR count). The van der Waals surface area contributed by atoms with Crippen molar-refractivity contribution in [2.24, 2.45) is 11.1 Å². The van der Waals surface area contributed by atoms with Crippen molar-refractivity contribution in [1.82, 2.24) is 0 Å². The van der Waals surface area contributed by atoms with Crippen LogP contribution in [0.25, 0.3) is 0 Å². The molecule has 1 atom stereocenters. The minimum absolute atomic E-state index is 0.217. The SMILES string of the molecule is NCC1(Cc2cccc(Br)c2)CCc2ccccc2C1. The Labute approximate surface area is 129 Å². The summed E-state index contributed by atoms with van der Waals surface area (Å²) in [6.07, 6.45) is 4.51. The van der Waals surface area contributed by atoms with E-state index in [2.05, 4.69) is 64.5 Å². The minimum Gasteiger partial charge on any atom is -0.330 e. The van der Waals surface area contributed by atoms with Crippen molar-refractivity contribution in [3.05, 3.63) is 69.7 Å². The van der Waals surface area contributed by atoms with Gasteiger partial charge in [-0.25, -0.2) is 0 Å². The van der Waals surface area contributed by atoms with Crippen molar-refractivity contribution in [3.8, 4) is 0 Å². The Hall–Kier alpha value is -1.12. The van der Waals surface area contributed by atoms with Gasteiger partial charge < -0.3 is 5.73 Å². The van der Waals surface area contributed by atoms with Crippen LogP contribution in [-0.4, -0.2) is 6.54 Å². The summed E-state index contributed by atoms with van der Waals surface area (Å²) in [5.74, 6) is 0. The topological polar surface area (TPSA) is 26.0 Å². The third kappa shape index (κ3) is 2.82. The second kappa shape index (κ2) is 5.71. The first kappa shape index (κ1) is 13.8. The lowest BCUT2D eigenvalue weighted by molar-refractivity contribution is 0.254. The highest BCUT2D eigenvalue weighted by molar-refractivity contribution is 9.10. The average Bonchev–Trinajstić information content (AvgIpc) is 2.47. The summed E-state index contributed by atoms with van der Waals surface area (Å²) in [4.78, 5) is 0. The zero-order chi connectivity index (χ0) is 14.0. The molecular formula is C18H20BrN. The fourth-order valence-electron chi connectivity index (χ4n) is 3.34. The lowest BCUT2D eigenvalue weighted by atomic mass is 9.68. The van der Waals surface area contributed by atoms with E-state index in [1.54, 1.807) is 0 Å². The van der Waals surface area contributed by atoms with Gasteiger partial charge in [0.05, 0.1) is 0 Å². The predicted octanol–water partition coefficient (Wildman–Crippen LogP) is 4.13. The van der Waals surface area contributed by atoms with Crippen LogP contribution in [0, 0.1) is 5.41 Å². The molecule has 0 aliphatic heterocycles. The largest absolute Gasteiger partial charge is 0.330 e. The Morgan fingerprint density at radius 2 is 1.85 bits per heavy atom. The molecule has 1 unspecified atom stereocenters. The van der Waals surface area contributed by atoms with Gasteiger partial charge in [0.1, 0.15) is 0 Å². The highest BCUT2D eigenvalue weighted by atomic mass is 79.9. The molecule has 104 valence electrons. The molecule has 0 heterocycles. The Balaban J connectivity index is 1.86. The first-order valence-corrected chi connectivity index (χ1v) is 8.01. The van der Waals surface area contributed by atoms with Crippen LogP contribution < -0.4 is 5.73 Å². The summed E-state index contributed by atoms with van der Waals surface area (Å²) in [6, 6.07) is 17.4. The van der Waals surface area contributed by atoms with Crippen LogP contribution in [0.15, 0.2) is 53.0 Å². The van der Waals surface area contributed by atoms with Gasteiger partial charge in [0.2, 0.25) is 0 Å². The molecule has 0 fully saturated rings. The van der Waals surface area contributed by atoms with Gasteiger partial charge in [-0.05, 0) is 66.5 Å². The Morgan fingerprint density at radius 1 is 1.05 bits per heavy atom. The van der Waals surface area contributed by atoms with Crippen LogP contribution in [0.4, 0.5) is 0 Å². The average molecular weight is 330 g/mol. The minimum atomic E-state index is 0.217. The fourth-order valence-corrected chi connectivity index (χ4v) is 3.79. The number of halogens is 1. The maximum absolute atomic E-state index is 6.17. The Kier molecular flexibility index (Phi) is 3.95. The van der Waals surface area contributed by atoms with E-state index in [0.717, 1.165) is 30.3 Å². The molecule has 2 aromatic rings. The van der Waals surface area contributed by atoms with Gasteiger partial charge in [0, 0.05) is 4.47 Å². The summed E-state index contributed by atoms with van der Waals surface area (Å²) in [6.45, 7) is 0.758. The van der Waals surface area contributed by atoms with Gasteiger partial charge in [0.15, 0.2) is 0 Å². The summed E-state index contributed by atoms with van der Waals surface area (Å²) in [5.41, 5.74) is 10.8. The van der Waals surface area contributed by atoms with Crippen LogP contribution in [0.5, 0.6) is 0 Å². The summed E-state index contributed by atoms with van der Waals surface area (Å²) in [5, 5.41) is 0. The van der Waals surface area contributed by atoms with E-state index in [4.69, 9.17) is 5.73 Å². The quantitative estimate of drug-likeness (QED) is 0.900. The van der Waals surface area contributed by atoms with E-state index in [0.29, 0.717) is 0 Å². The van der Waals surface area contributed by atoms with Gasteiger partial charge in [-0.3, -0.25) is 0 Å². The van der Waals surface area contributed by atoms with E-state index in [9.17, 15) is 0 Å². The van der Waals surface area contributed by atoms with Crippen LogP contribution in [0.2, 0.25) is 0 Å². The summed E-state index contributed by atoms with van der Waals surface area (Å²) in [7, 11) is 0. The predicted molar refractivity (Wildman–Crippen MR) is 87.8 cm³/mol. The van der Waals surface area contributed by atoms with Gasteiger partial charge in [0.25, 0.3) is 0 Å². The zero-order valence-corrected chi connectivity index (χ0v) is 13.2. The van der Waals surface area contributed by atoms with Gasteiger partial charge in [-0.15, -0.1) is 0 Å². The Bertz CT molecular complexity index is 608. The molecule has 1 aliphatic rings. The van der Waals surface area contributed by atoms with Crippen molar-refractivity contribution in [1.29, 1.82) is 0 Å². The molecule has 2 aromatic carbocycles. The molecule has 0 bridgehead atoms. The maximum Gasteiger partial charge on any atom is 0.0177 e. The van der Waals surface area contributed by atoms with E-state index < -0.39 is 0 Å². The number of nitrogens with two attached hydrogens (primary N) is 1. The zero-order valence-electron chi connectivity index (χ0n) is 11.6. The number of fused-ring (bicyclic) bond motifs is 1. The first-order chi connectivity index (χ1) is 9.71. The molecule has 2 heteroatoms. The smallest absolute Gasteiger partial charge is 0.0177 e. The normalized spacial score (nSPS) is 21.5. The van der Waals surface area contributed by atoms with E-state index in [1.165, 1.54) is 23.1 Å². The molecular weight excluding hydrogens is 310 g/mol. The first-order valence-electron chi connectivity index (χ1n) is 7.22. The standard InChI is InChI=1S/C18H20BrN/c19-17-7-3-4-14(10-17)11-18(13-20)9-8-15-5-1-2-6-16(15)12-18/h1-7,10H,8-9,11-13,20H2. The van der Waals surface area contributed by atoms with Crippen molar-refractivity contribution >= 4 is 15.9 Å². The molecule has 0 amide bonds. The lowest BCUT2D eigenvalue weighted by Gasteiger charge is -2.37. The molecule has 1 aliphatic carbocycles. The van der Waals surface area contributed by atoms with E-state index in [-0.39, 0.29) is 5.41 Å². The lowest BCUT2D eigenvalue weighted by Crippen LogP contribution is -2.38. The van der Waals surface area contributed by atoms with Crippen molar-refractivity contribution in [3.63, 3.8) is 0 Å². The van der Waals surface area contributed by atoms with Gasteiger partial charge >= 0.3 is 0 Å².